The molecule has 92 valence electrons. The molecule has 15 heavy (non-hydrogen) atoms. The van der Waals surface area contributed by atoms with Crippen LogP contribution in [0.15, 0.2) is 0 Å². The molecule has 0 spiro atoms. The van der Waals surface area contributed by atoms with Crippen LogP contribution in [0.3, 0.4) is 0 Å². The normalized spacial score (nSPS) is 10.8. The Balaban J connectivity index is 2.81. The largest absolute Gasteiger partial charge is 0.380 e. The average molecular weight is 215 g/mol. The second-order valence-corrected chi connectivity index (χ2v) is 4.13. The zero-order valence-corrected chi connectivity index (χ0v) is 10.7. The van der Waals surface area contributed by atoms with Gasteiger partial charge in [-0.2, -0.15) is 0 Å². The first-order valence-corrected chi connectivity index (χ1v) is 6.70. The molecular formula is C13H29NO. The molecule has 2 nitrogen and oxygen atoms in total. The Bertz CT molecular complexity index is 94.7. The number of nitrogens with one attached hydrogen (secondary N) is 1. The summed E-state index contributed by atoms with van der Waals surface area (Å²) in [5.41, 5.74) is 0. The van der Waals surface area contributed by atoms with E-state index in [2.05, 4.69) is 19.2 Å². The minimum Gasteiger partial charge on any atom is -0.380 e. The van der Waals surface area contributed by atoms with Crippen LogP contribution in [0, 0.1) is 0 Å². The zero-order chi connectivity index (χ0) is 11.2. The SMILES string of the molecule is CCCCCCCCOCCNCCC. The summed E-state index contributed by atoms with van der Waals surface area (Å²) >= 11 is 0. The second-order valence-electron chi connectivity index (χ2n) is 4.13. The zero-order valence-electron chi connectivity index (χ0n) is 10.7. The van der Waals surface area contributed by atoms with Crippen LogP contribution >= 0.6 is 0 Å². The third kappa shape index (κ3) is 13.9. The van der Waals surface area contributed by atoms with Crippen molar-refractivity contribution in [2.24, 2.45) is 0 Å². The van der Waals surface area contributed by atoms with E-state index in [0.717, 1.165) is 26.3 Å². The van der Waals surface area contributed by atoms with E-state index in [0.29, 0.717) is 0 Å². The molecule has 0 fully saturated rings. The van der Waals surface area contributed by atoms with Crippen LogP contribution in [0.2, 0.25) is 0 Å². The molecule has 0 radical (unpaired) electrons. The molecule has 0 aliphatic rings. The highest BCUT2D eigenvalue weighted by Crippen LogP contribution is 2.04. The van der Waals surface area contributed by atoms with Crippen LogP contribution in [0.25, 0.3) is 0 Å². The molecule has 2 heteroatoms. The molecule has 0 bridgehead atoms. The van der Waals surface area contributed by atoms with E-state index in [-0.39, 0.29) is 0 Å². The summed E-state index contributed by atoms with van der Waals surface area (Å²) in [5, 5.41) is 3.33. The van der Waals surface area contributed by atoms with E-state index in [9.17, 15) is 0 Å². The molecule has 0 atom stereocenters. The minimum absolute atomic E-state index is 0.870. The van der Waals surface area contributed by atoms with Crippen molar-refractivity contribution in [3.63, 3.8) is 0 Å². The Morgan fingerprint density at radius 3 is 2.20 bits per heavy atom. The van der Waals surface area contributed by atoms with E-state index in [1.54, 1.807) is 0 Å². The van der Waals surface area contributed by atoms with Crippen molar-refractivity contribution >= 4 is 0 Å². The molecular weight excluding hydrogens is 186 g/mol. The minimum atomic E-state index is 0.870. The molecule has 1 N–H and O–H groups in total. The van der Waals surface area contributed by atoms with Gasteiger partial charge in [0, 0.05) is 13.2 Å². The number of ether oxygens (including phenoxy) is 1. The molecule has 0 rings (SSSR count). The molecule has 0 aliphatic carbocycles. The lowest BCUT2D eigenvalue weighted by Crippen LogP contribution is -2.20. The van der Waals surface area contributed by atoms with Crippen molar-refractivity contribution in [1.82, 2.24) is 5.32 Å². The van der Waals surface area contributed by atoms with Gasteiger partial charge in [0.2, 0.25) is 0 Å². The molecule has 0 amide bonds. The fourth-order valence-corrected chi connectivity index (χ4v) is 1.53. The standard InChI is InChI=1S/C13H29NO/c1-3-5-6-7-8-9-12-15-13-11-14-10-4-2/h14H,3-13H2,1-2H3. The number of hydrogen-bond acceptors (Lipinski definition) is 2. The predicted molar refractivity (Wildman–Crippen MR) is 67.4 cm³/mol. The molecule has 0 aromatic rings. The summed E-state index contributed by atoms with van der Waals surface area (Å²) < 4.78 is 5.52. The first-order valence-electron chi connectivity index (χ1n) is 6.70. The predicted octanol–water partition coefficient (Wildman–Crippen LogP) is 3.36. The van der Waals surface area contributed by atoms with Crippen molar-refractivity contribution in [3.05, 3.63) is 0 Å². The fraction of sp³-hybridized carbons (Fsp3) is 1.00. The maximum absolute atomic E-state index is 5.52. The summed E-state index contributed by atoms with van der Waals surface area (Å²) in [4.78, 5) is 0. The van der Waals surface area contributed by atoms with Crippen molar-refractivity contribution < 1.29 is 4.74 Å². The van der Waals surface area contributed by atoms with Crippen molar-refractivity contribution in [2.75, 3.05) is 26.3 Å². The lowest BCUT2D eigenvalue weighted by atomic mass is 10.1. The maximum atomic E-state index is 5.52. The lowest BCUT2D eigenvalue weighted by molar-refractivity contribution is 0.131. The average Bonchev–Trinajstić information content (AvgIpc) is 2.26. The molecule has 0 saturated carbocycles. The maximum Gasteiger partial charge on any atom is 0.0590 e. The van der Waals surface area contributed by atoms with E-state index in [1.165, 1.54) is 44.9 Å². The Morgan fingerprint density at radius 2 is 1.47 bits per heavy atom. The van der Waals surface area contributed by atoms with Gasteiger partial charge in [0.15, 0.2) is 0 Å². The summed E-state index contributed by atoms with van der Waals surface area (Å²) in [6.07, 6.45) is 9.28. The molecule has 0 heterocycles. The van der Waals surface area contributed by atoms with Gasteiger partial charge in [-0.15, -0.1) is 0 Å². The second kappa shape index (κ2) is 13.9. The number of unbranched alkanes of at least 4 members (excludes halogenated alkanes) is 5. The van der Waals surface area contributed by atoms with Crippen LogP contribution in [0.1, 0.15) is 58.8 Å². The van der Waals surface area contributed by atoms with Gasteiger partial charge in [-0.25, -0.2) is 0 Å². The van der Waals surface area contributed by atoms with Gasteiger partial charge < -0.3 is 10.1 Å². The molecule has 0 aromatic carbocycles. The van der Waals surface area contributed by atoms with Gasteiger partial charge in [-0.05, 0) is 19.4 Å². The molecule has 0 aliphatic heterocycles. The Labute approximate surface area is 95.8 Å². The van der Waals surface area contributed by atoms with Crippen molar-refractivity contribution in [1.29, 1.82) is 0 Å². The summed E-state index contributed by atoms with van der Waals surface area (Å²) in [5.74, 6) is 0. The van der Waals surface area contributed by atoms with Gasteiger partial charge in [0.05, 0.1) is 6.61 Å². The highest BCUT2D eigenvalue weighted by molar-refractivity contribution is 4.45. The molecule has 0 saturated heterocycles. The van der Waals surface area contributed by atoms with E-state index in [1.807, 2.05) is 0 Å². The molecule has 0 unspecified atom stereocenters. The lowest BCUT2D eigenvalue weighted by Gasteiger charge is -2.05. The van der Waals surface area contributed by atoms with Gasteiger partial charge in [-0.3, -0.25) is 0 Å². The highest BCUT2D eigenvalue weighted by Gasteiger charge is 1.91. The van der Waals surface area contributed by atoms with Crippen LogP contribution in [0.4, 0.5) is 0 Å². The highest BCUT2D eigenvalue weighted by atomic mass is 16.5. The third-order valence-electron chi connectivity index (χ3n) is 2.49. The number of hydrogen-bond donors (Lipinski definition) is 1. The fourth-order valence-electron chi connectivity index (χ4n) is 1.53. The van der Waals surface area contributed by atoms with Crippen LogP contribution in [-0.2, 0) is 4.74 Å². The van der Waals surface area contributed by atoms with Crippen LogP contribution < -0.4 is 5.32 Å². The van der Waals surface area contributed by atoms with Crippen LogP contribution in [0.5, 0.6) is 0 Å². The quantitative estimate of drug-likeness (QED) is 0.504. The third-order valence-corrected chi connectivity index (χ3v) is 2.49. The van der Waals surface area contributed by atoms with E-state index in [4.69, 9.17) is 4.74 Å². The summed E-state index contributed by atoms with van der Waals surface area (Å²) in [6, 6.07) is 0. The van der Waals surface area contributed by atoms with Gasteiger partial charge in [-0.1, -0.05) is 46.0 Å². The van der Waals surface area contributed by atoms with Gasteiger partial charge in [0.25, 0.3) is 0 Å². The Morgan fingerprint density at radius 1 is 0.733 bits per heavy atom. The van der Waals surface area contributed by atoms with Crippen molar-refractivity contribution in [3.8, 4) is 0 Å². The smallest absolute Gasteiger partial charge is 0.0590 e. The summed E-state index contributed by atoms with van der Waals surface area (Å²) in [6.45, 7) is 8.37. The van der Waals surface area contributed by atoms with Gasteiger partial charge in [0.1, 0.15) is 0 Å². The van der Waals surface area contributed by atoms with Crippen LogP contribution in [-0.4, -0.2) is 26.3 Å². The van der Waals surface area contributed by atoms with Crippen molar-refractivity contribution in [2.45, 2.75) is 58.8 Å². The molecule has 0 aromatic heterocycles. The van der Waals surface area contributed by atoms with E-state index < -0.39 is 0 Å². The Hall–Kier alpha value is -0.0800. The number of rotatable bonds is 12. The topological polar surface area (TPSA) is 21.3 Å². The first kappa shape index (κ1) is 14.9. The first-order chi connectivity index (χ1) is 7.41. The Kier molecular flexibility index (Phi) is 13.8. The monoisotopic (exact) mass is 215 g/mol. The van der Waals surface area contributed by atoms with Gasteiger partial charge >= 0.3 is 0 Å². The summed E-state index contributed by atoms with van der Waals surface area (Å²) in [7, 11) is 0. The van der Waals surface area contributed by atoms with E-state index >= 15 is 0 Å².